The SMILES string of the molecule is O=C(CSc1ccc(Cl)cc1)N/N=C/c1ccc(N2CCOCC2)cc1. The maximum atomic E-state index is 11.8. The van der Waals surface area contributed by atoms with E-state index in [0.29, 0.717) is 10.8 Å². The zero-order chi connectivity index (χ0) is 18.2. The number of nitrogens with zero attached hydrogens (tertiary/aromatic N) is 2. The van der Waals surface area contributed by atoms with E-state index in [1.807, 2.05) is 24.3 Å². The lowest BCUT2D eigenvalue weighted by molar-refractivity contribution is -0.118. The summed E-state index contributed by atoms with van der Waals surface area (Å²) in [4.78, 5) is 15.1. The van der Waals surface area contributed by atoms with Crippen molar-refractivity contribution in [2.45, 2.75) is 4.90 Å². The molecule has 1 aliphatic heterocycles. The Balaban J connectivity index is 1.44. The molecule has 1 saturated heterocycles. The fourth-order valence-corrected chi connectivity index (χ4v) is 3.30. The molecule has 2 aromatic rings. The molecule has 136 valence electrons. The highest BCUT2D eigenvalue weighted by Gasteiger charge is 2.10. The van der Waals surface area contributed by atoms with E-state index in [1.54, 1.807) is 18.3 Å². The summed E-state index contributed by atoms with van der Waals surface area (Å²) >= 11 is 7.28. The van der Waals surface area contributed by atoms with Crippen LogP contribution in [0, 0.1) is 0 Å². The van der Waals surface area contributed by atoms with E-state index < -0.39 is 0 Å². The Bertz CT molecular complexity index is 744. The maximum absolute atomic E-state index is 11.8. The molecule has 0 saturated carbocycles. The molecule has 5 nitrogen and oxygen atoms in total. The van der Waals surface area contributed by atoms with E-state index >= 15 is 0 Å². The fourth-order valence-electron chi connectivity index (χ4n) is 2.48. The minimum absolute atomic E-state index is 0.147. The van der Waals surface area contributed by atoms with Crippen LogP contribution < -0.4 is 10.3 Å². The van der Waals surface area contributed by atoms with E-state index in [1.165, 1.54) is 17.4 Å². The van der Waals surface area contributed by atoms with Crippen LogP contribution in [0.3, 0.4) is 0 Å². The Hall–Kier alpha value is -2.02. The van der Waals surface area contributed by atoms with Gasteiger partial charge in [0, 0.05) is 28.7 Å². The first-order valence-electron chi connectivity index (χ1n) is 8.34. The highest BCUT2D eigenvalue weighted by atomic mass is 35.5. The average Bonchev–Trinajstić information content (AvgIpc) is 2.69. The topological polar surface area (TPSA) is 53.9 Å². The lowest BCUT2D eigenvalue weighted by Gasteiger charge is -2.28. The Morgan fingerprint density at radius 1 is 1.15 bits per heavy atom. The third-order valence-electron chi connectivity index (χ3n) is 3.86. The van der Waals surface area contributed by atoms with Gasteiger partial charge in [0.25, 0.3) is 0 Å². The van der Waals surface area contributed by atoms with Crippen LogP contribution in [0.25, 0.3) is 0 Å². The van der Waals surface area contributed by atoms with Crippen molar-refractivity contribution in [1.82, 2.24) is 5.43 Å². The number of morpholine rings is 1. The molecule has 2 aromatic carbocycles. The summed E-state index contributed by atoms with van der Waals surface area (Å²) < 4.78 is 5.36. The number of thioether (sulfide) groups is 1. The summed E-state index contributed by atoms with van der Waals surface area (Å²) in [6, 6.07) is 15.5. The zero-order valence-electron chi connectivity index (χ0n) is 14.2. The summed E-state index contributed by atoms with van der Waals surface area (Å²) in [6.45, 7) is 3.36. The second-order valence-corrected chi connectivity index (χ2v) is 7.21. The number of ether oxygens (including phenoxy) is 1. The van der Waals surface area contributed by atoms with Gasteiger partial charge in [-0.2, -0.15) is 5.10 Å². The number of carbonyl (C=O) groups excluding carboxylic acids is 1. The predicted octanol–water partition coefficient (Wildman–Crippen LogP) is 3.42. The zero-order valence-corrected chi connectivity index (χ0v) is 15.8. The number of amides is 1. The number of benzene rings is 2. The minimum Gasteiger partial charge on any atom is -0.378 e. The molecular weight excluding hydrogens is 370 g/mol. The monoisotopic (exact) mass is 389 g/mol. The number of nitrogens with one attached hydrogen (secondary N) is 1. The molecule has 0 radical (unpaired) electrons. The molecule has 26 heavy (non-hydrogen) atoms. The molecule has 0 atom stereocenters. The van der Waals surface area contributed by atoms with Crippen LogP contribution in [0.1, 0.15) is 5.56 Å². The first-order chi connectivity index (χ1) is 12.7. The van der Waals surface area contributed by atoms with Gasteiger partial charge in [0.15, 0.2) is 0 Å². The van der Waals surface area contributed by atoms with Crippen LogP contribution >= 0.6 is 23.4 Å². The largest absolute Gasteiger partial charge is 0.378 e. The second-order valence-electron chi connectivity index (χ2n) is 5.73. The van der Waals surface area contributed by atoms with Crippen molar-refractivity contribution in [2.24, 2.45) is 5.10 Å². The number of hydrazone groups is 1. The van der Waals surface area contributed by atoms with E-state index in [4.69, 9.17) is 16.3 Å². The Morgan fingerprint density at radius 2 is 1.85 bits per heavy atom. The number of halogens is 1. The molecular formula is C19H20ClN3O2S. The van der Waals surface area contributed by atoms with Crippen LogP contribution in [-0.4, -0.2) is 44.2 Å². The minimum atomic E-state index is -0.147. The van der Waals surface area contributed by atoms with Crippen molar-refractivity contribution < 1.29 is 9.53 Å². The van der Waals surface area contributed by atoms with Crippen LogP contribution in [0.2, 0.25) is 5.02 Å². The molecule has 3 rings (SSSR count). The summed E-state index contributed by atoms with van der Waals surface area (Å²) in [5.74, 6) is 0.153. The van der Waals surface area contributed by atoms with Gasteiger partial charge in [-0.05, 0) is 42.0 Å². The van der Waals surface area contributed by atoms with E-state index in [9.17, 15) is 4.79 Å². The molecule has 1 fully saturated rings. The third-order valence-corrected chi connectivity index (χ3v) is 5.12. The van der Waals surface area contributed by atoms with Crippen molar-refractivity contribution in [2.75, 3.05) is 37.0 Å². The van der Waals surface area contributed by atoms with Gasteiger partial charge in [-0.1, -0.05) is 23.7 Å². The standard InChI is InChI=1S/C19H20ClN3O2S/c20-16-3-7-18(8-4-16)26-14-19(24)22-21-13-15-1-5-17(6-2-15)23-9-11-25-12-10-23/h1-8,13H,9-12,14H2,(H,22,24)/b21-13+. The number of rotatable bonds is 6. The van der Waals surface area contributed by atoms with Gasteiger partial charge in [-0.15, -0.1) is 11.8 Å². The van der Waals surface area contributed by atoms with Gasteiger partial charge in [0.05, 0.1) is 25.2 Å². The highest BCUT2D eigenvalue weighted by Crippen LogP contribution is 2.20. The van der Waals surface area contributed by atoms with Crippen molar-refractivity contribution in [3.05, 3.63) is 59.1 Å². The molecule has 0 spiro atoms. The van der Waals surface area contributed by atoms with Crippen LogP contribution in [0.15, 0.2) is 58.5 Å². The summed E-state index contributed by atoms with van der Waals surface area (Å²) in [5.41, 5.74) is 4.66. The van der Waals surface area contributed by atoms with Crippen LogP contribution in [-0.2, 0) is 9.53 Å². The summed E-state index contributed by atoms with van der Waals surface area (Å²) in [7, 11) is 0. The average molecular weight is 390 g/mol. The molecule has 1 N–H and O–H groups in total. The Labute approximate surface area is 162 Å². The van der Waals surface area contributed by atoms with E-state index in [-0.39, 0.29) is 5.91 Å². The van der Waals surface area contributed by atoms with Gasteiger partial charge in [-0.3, -0.25) is 4.79 Å². The van der Waals surface area contributed by atoms with Gasteiger partial charge in [0.2, 0.25) is 5.91 Å². The van der Waals surface area contributed by atoms with Crippen LogP contribution in [0.5, 0.6) is 0 Å². The molecule has 1 aliphatic rings. The second kappa shape index (κ2) is 9.62. The fraction of sp³-hybridized carbons (Fsp3) is 0.263. The first kappa shape index (κ1) is 18.8. The first-order valence-corrected chi connectivity index (χ1v) is 9.70. The smallest absolute Gasteiger partial charge is 0.250 e. The molecule has 7 heteroatoms. The quantitative estimate of drug-likeness (QED) is 0.467. The van der Waals surface area contributed by atoms with Gasteiger partial charge in [-0.25, -0.2) is 5.43 Å². The number of hydrogen-bond donors (Lipinski definition) is 1. The molecule has 0 aromatic heterocycles. The van der Waals surface area contributed by atoms with Crippen molar-refractivity contribution in [1.29, 1.82) is 0 Å². The van der Waals surface area contributed by atoms with Gasteiger partial charge < -0.3 is 9.64 Å². The highest BCUT2D eigenvalue weighted by molar-refractivity contribution is 8.00. The van der Waals surface area contributed by atoms with E-state index in [2.05, 4.69) is 27.6 Å². The number of anilines is 1. The van der Waals surface area contributed by atoms with E-state index in [0.717, 1.165) is 36.8 Å². The van der Waals surface area contributed by atoms with Crippen molar-refractivity contribution >= 4 is 41.2 Å². The molecule has 0 aliphatic carbocycles. The number of hydrogen-bond acceptors (Lipinski definition) is 5. The normalized spacial score (nSPS) is 14.6. The summed E-state index contributed by atoms with van der Waals surface area (Å²) in [5, 5.41) is 4.70. The summed E-state index contributed by atoms with van der Waals surface area (Å²) in [6.07, 6.45) is 1.65. The maximum Gasteiger partial charge on any atom is 0.250 e. The van der Waals surface area contributed by atoms with Gasteiger partial charge in [0.1, 0.15) is 0 Å². The lowest BCUT2D eigenvalue weighted by atomic mass is 10.2. The van der Waals surface area contributed by atoms with Gasteiger partial charge >= 0.3 is 0 Å². The molecule has 1 amide bonds. The Kier molecular flexibility index (Phi) is 6.94. The third kappa shape index (κ3) is 5.76. The van der Waals surface area contributed by atoms with Crippen molar-refractivity contribution in [3.8, 4) is 0 Å². The molecule has 0 unspecified atom stereocenters. The van der Waals surface area contributed by atoms with Crippen molar-refractivity contribution in [3.63, 3.8) is 0 Å². The molecule has 1 heterocycles. The Morgan fingerprint density at radius 3 is 2.54 bits per heavy atom. The molecule has 0 bridgehead atoms. The predicted molar refractivity (Wildman–Crippen MR) is 107 cm³/mol. The van der Waals surface area contributed by atoms with Crippen LogP contribution in [0.4, 0.5) is 5.69 Å². The lowest BCUT2D eigenvalue weighted by Crippen LogP contribution is -2.36. The number of carbonyl (C=O) groups is 1.